The zero-order valence-corrected chi connectivity index (χ0v) is 18.5. The van der Waals surface area contributed by atoms with Crippen LogP contribution in [0.4, 0.5) is 5.69 Å². The molecule has 166 valence electrons. The first-order chi connectivity index (χ1) is 15.3. The Balaban J connectivity index is 1.48. The Bertz CT molecular complexity index is 1250. The zero-order chi connectivity index (χ0) is 23.0. The van der Waals surface area contributed by atoms with E-state index in [1.165, 1.54) is 24.3 Å². The fraction of sp³-hybridized carbons (Fsp3) is 0.318. The van der Waals surface area contributed by atoms with Gasteiger partial charge in [0.05, 0.1) is 21.9 Å². The van der Waals surface area contributed by atoms with Gasteiger partial charge in [0.25, 0.3) is 17.2 Å². The maximum Gasteiger partial charge on any atom is 0.269 e. The number of nitrogens with zero attached hydrogens (tertiary/aromatic N) is 5. The normalized spacial score (nSPS) is 15.7. The zero-order valence-electron chi connectivity index (χ0n) is 17.7. The Morgan fingerprint density at radius 1 is 1.12 bits per heavy atom. The minimum atomic E-state index is -0.489. The number of halogens is 1. The van der Waals surface area contributed by atoms with Crippen LogP contribution in [0.25, 0.3) is 10.9 Å². The first-order valence-corrected chi connectivity index (χ1v) is 10.6. The number of carbonyl (C=O) groups excluding carboxylic acids is 1. The molecule has 2 aromatic carbocycles. The van der Waals surface area contributed by atoms with E-state index >= 15 is 0 Å². The minimum absolute atomic E-state index is 0.0454. The van der Waals surface area contributed by atoms with Gasteiger partial charge >= 0.3 is 0 Å². The molecule has 1 amide bonds. The molecule has 1 unspecified atom stereocenters. The van der Waals surface area contributed by atoms with E-state index in [-0.39, 0.29) is 23.2 Å². The molecule has 1 aromatic heterocycles. The summed E-state index contributed by atoms with van der Waals surface area (Å²) in [6.45, 7) is 4.26. The van der Waals surface area contributed by atoms with Gasteiger partial charge in [-0.15, -0.1) is 0 Å². The topological polar surface area (TPSA) is 102 Å². The van der Waals surface area contributed by atoms with Crippen molar-refractivity contribution in [2.24, 2.45) is 7.05 Å². The third-order valence-electron chi connectivity index (χ3n) is 5.92. The Morgan fingerprint density at radius 2 is 1.78 bits per heavy atom. The highest BCUT2D eigenvalue weighted by Gasteiger charge is 2.27. The number of benzene rings is 2. The molecule has 4 rings (SSSR count). The van der Waals surface area contributed by atoms with Gasteiger partial charge in [-0.1, -0.05) is 11.6 Å². The fourth-order valence-electron chi connectivity index (χ4n) is 4.02. The molecule has 10 heteroatoms. The van der Waals surface area contributed by atoms with Crippen molar-refractivity contribution in [2.75, 3.05) is 26.2 Å². The number of rotatable bonds is 4. The van der Waals surface area contributed by atoms with Crippen LogP contribution in [0, 0.1) is 10.1 Å². The summed E-state index contributed by atoms with van der Waals surface area (Å²) in [6.07, 6.45) is 0. The van der Waals surface area contributed by atoms with Crippen LogP contribution in [0.2, 0.25) is 5.02 Å². The van der Waals surface area contributed by atoms with E-state index < -0.39 is 4.92 Å². The van der Waals surface area contributed by atoms with Crippen LogP contribution in [-0.2, 0) is 7.05 Å². The Morgan fingerprint density at radius 3 is 2.41 bits per heavy atom. The van der Waals surface area contributed by atoms with Crippen molar-refractivity contribution >= 4 is 34.1 Å². The summed E-state index contributed by atoms with van der Waals surface area (Å²) in [5, 5.41) is 11.8. The summed E-state index contributed by atoms with van der Waals surface area (Å²) >= 11 is 6.03. The van der Waals surface area contributed by atoms with E-state index in [1.54, 1.807) is 34.7 Å². The van der Waals surface area contributed by atoms with Crippen LogP contribution in [0.5, 0.6) is 0 Å². The number of hydrogen-bond acceptors (Lipinski definition) is 6. The number of piperazine rings is 1. The molecule has 0 spiro atoms. The maximum absolute atomic E-state index is 12.8. The Kier molecular flexibility index (Phi) is 5.94. The fourth-order valence-corrected chi connectivity index (χ4v) is 4.19. The van der Waals surface area contributed by atoms with Gasteiger partial charge in [-0.05, 0) is 37.3 Å². The molecular weight excluding hydrogens is 434 g/mol. The third-order valence-corrected chi connectivity index (χ3v) is 6.16. The number of nitro benzene ring substituents is 1. The first-order valence-electron chi connectivity index (χ1n) is 10.2. The number of non-ortho nitro benzene ring substituents is 1. The maximum atomic E-state index is 12.8. The highest BCUT2D eigenvalue weighted by atomic mass is 35.5. The average Bonchev–Trinajstić information content (AvgIpc) is 2.81. The second kappa shape index (κ2) is 8.68. The molecule has 1 aliphatic heterocycles. The molecule has 1 fully saturated rings. The molecular formula is C22H22ClN5O4. The largest absolute Gasteiger partial charge is 0.336 e. The first kappa shape index (κ1) is 21.9. The van der Waals surface area contributed by atoms with E-state index in [0.29, 0.717) is 53.5 Å². The molecule has 0 bridgehead atoms. The standard InChI is InChI=1S/C22H22ClN5O4/c1-14(20-24-19-8-5-16(23)13-18(19)22(30)25(20)2)26-9-11-27(12-10-26)21(29)15-3-6-17(7-4-15)28(31)32/h3-8,13-14H,9-12H2,1-2H3. The summed E-state index contributed by atoms with van der Waals surface area (Å²) in [4.78, 5) is 44.5. The summed E-state index contributed by atoms with van der Waals surface area (Å²) in [5.41, 5.74) is 0.836. The number of aromatic nitrogens is 2. The summed E-state index contributed by atoms with van der Waals surface area (Å²) in [6, 6.07) is 10.6. The molecule has 1 aliphatic rings. The van der Waals surface area contributed by atoms with Crippen LogP contribution in [0.15, 0.2) is 47.3 Å². The van der Waals surface area contributed by atoms with Crippen LogP contribution >= 0.6 is 11.6 Å². The van der Waals surface area contributed by atoms with Gasteiger partial charge in [-0.2, -0.15) is 0 Å². The molecule has 0 N–H and O–H groups in total. The lowest BCUT2D eigenvalue weighted by Gasteiger charge is -2.38. The van der Waals surface area contributed by atoms with Gasteiger partial charge in [-0.3, -0.25) is 29.2 Å². The van der Waals surface area contributed by atoms with Crippen LogP contribution < -0.4 is 5.56 Å². The van der Waals surface area contributed by atoms with Crippen LogP contribution in [0.1, 0.15) is 29.1 Å². The van der Waals surface area contributed by atoms with E-state index in [9.17, 15) is 19.7 Å². The lowest BCUT2D eigenvalue weighted by Crippen LogP contribution is -2.49. The van der Waals surface area contributed by atoms with Crippen LogP contribution in [-0.4, -0.2) is 56.4 Å². The van der Waals surface area contributed by atoms with E-state index in [2.05, 4.69) is 4.90 Å². The molecule has 3 aromatic rings. The molecule has 0 saturated carbocycles. The molecule has 0 aliphatic carbocycles. The monoisotopic (exact) mass is 455 g/mol. The summed E-state index contributed by atoms with van der Waals surface area (Å²) in [7, 11) is 1.70. The SMILES string of the molecule is CC(c1nc2ccc(Cl)cc2c(=O)n1C)N1CCN(C(=O)c2ccc([N+](=O)[O-])cc2)CC1. The van der Waals surface area contributed by atoms with Crippen molar-refractivity contribution in [3.8, 4) is 0 Å². The van der Waals surface area contributed by atoms with Crippen LogP contribution in [0.3, 0.4) is 0 Å². The van der Waals surface area contributed by atoms with Crippen molar-refractivity contribution in [2.45, 2.75) is 13.0 Å². The van der Waals surface area contributed by atoms with Gasteiger partial charge in [0.1, 0.15) is 5.82 Å². The summed E-state index contributed by atoms with van der Waals surface area (Å²) in [5.74, 6) is 0.500. The number of amides is 1. The smallest absolute Gasteiger partial charge is 0.269 e. The highest BCUT2D eigenvalue weighted by Crippen LogP contribution is 2.23. The van der Waals surface area contributed by atoms with E-state index in [0.717, 1.165) is 0 Å². The number of carbonyl (C=O) groups is 1. The number of hydrogen-bond donors (Lipinski definition) is 0. The predicted molar refractivity (Wildman–Crippen MR) is 121 cm³/mol. The van der Waals surface area contributed by atoms with Crippen molar-refractivity contribution in [3.63, 3.8) is 0 Å². The third kappa shape index (κ3) is 4.09. The number of fused-ring (bicyclic) bond motifs is 1. The molecule has 0 radical (unpaired) electrons. The molecule has 1 saturated heterocycles. The molecule has 2 heterocycles. The lowest BCUT2D eigenvalue weighted by atomic mass is 10.1. The lowest BCUT2D eigenvalue weighted by molar-refractivity contribution is -0.384. The van der Waals surface area contributed by atoms with Crippen molar-refractivity contribution in [1.82, 2.24) is 19.4 Å². The second-order valence-corrected chi connectivity index (χ2v) is 8.24. The van der Waals surface area contributed by atoms with Gasteiger partial charge in [0.15, 0.2) is 0 Å². The van der Waals surface area contributed by atoms with Gasteiger partial charge in [0.2, 0.25) is 0 Å². The Labute approximate surface area is 189 Å². The van der Waals surface area contributed by atoms with Gasteiger partial charge in [0, 0.05) is 55.9 Å². The number of nitro groups is 1. The predicted octanol–water partition coefficient (Wildman–Crippen LogP) is 3.01. The molecule has 9 nitrogen and oxygen atoms in total. The van der Waals surface area contributed by atoms with E-state index in [1.807, 2.05) is 6.92 Å². The van der Waals surface area contributed by atoms with E-state index in [4.69, 9.17) is 16.6 Å². The summed E-state index contributed by atoms with van der Waals surface area (Å²) < 4.78 is 1.55. The Hall–Kier alpha value is -3.30. The van der Waals surface area contributed by atoms with Crippen molar-refractivity contribution in [1.29, 1.82) is 0 Å². The van der Waals surface area contributed by atoms with Gasteiger partial charge < -0.3 is 4.90 Å². The average molecular weight is 456 g/mol. The quantitative estimate of drug-likeness (QED) is 0.442. The second-order valence-electron chi connectivity index (χ2n) is 7.80. The van der Waals surface area contributed by atoms with Crippen molar-refractivity contribution < 1.29 is 9.72 Å². The highest BCUT2D eigenvalue weighted by molar-refractivity contribution is 6.31. The van der Waals surface area contributed by atoms with Crippen molar-refractivity contribution in [3.05, 3.63) is 79.3 Å². The molecule has 32 heavy (non-hydrogen) atoms. The van der Waals surface area contributed by atoms with Gasteiger partial charge in [-0.25, -0.2) is 4.98 Å². The minimum Gasteiger partial charge on any atom is -0.336 e. The molecule has 1 atom stereocenters.